The quantitative estimate of drug-likeness (QED) is 0.365. The molecule has 0 fully saturated rings. The van der Waals surface area contributed by atoms with Gasteiger partial charge in [0, 0.05) is 22.5 Å². The average molecular weight is 313 g/mol. The molecule has 6 nitrogen and oxygen atoms in total. The fourth-order valence-electron chi connectivity index (χ4n) is 1.50. The van der Waals surface area contributed by atoms with Crippen LogP contribution >= 0.6 is 15.9 Å². The highest BCUT2D eigenvalue weighted by Crippen LogP contribution is 2.21. The number of aryl methyl sites for hydroxylation is 1. The van der Waals surface area contributed by atoms with Gasteiger partial charge in [0.25, 0.3) is 0 Å². The van der Waals surface area contributed by atoms with Crippen LogP contribution in [0.3, 0.4) is 0 Å². The summed E-state index contributed by atoms with van der Waals surface area (Å²) in [4.78, 5) is 13.8. The van der Waals surface area contributed by atoms with E-state index in [1.807, 2.05) is 19.1 Å². The molecule has 1 rings (SSSR count). The molecule has 0 spiro atoms. The first-order chi connectivity index (χ1) is 8.56. The molecule has 18 heavy (non-hydrogen) atoms. The monoisotopic (exact) mass is 312 g/mol. The SMILES string of the molecule is Cc1cc(C(NCCN=[N+]=[N-])C(=O)O)ccc1Br. The lowest BCUT2D eigenvalue weighted by molar-refractivity contribution is -0.139. The number of aliphatic carboxylic acids is 1. The fraction of sp³-hybridized carbons (Fsp3) is 0.364. The molecular weight excluding hydrogens is 300 g/mol. The molecule has 0 aliphatic carbocycles. The molecule has 0 aliphatic rings. The second-order valence-electron chi connectivity index (χ2n) is 3.69. The summed E-state index contributed by atoms with van der Waals surface area (Å²) < 4.78 is 0.935. The molecule has 1 aromatic carbocycles. The number of carbonyl (C=O) groups is 1. The number of rotatable bonds is 6. The topological polar surface area (TPSA) is 98.1 Å². The van der Waals surface area contributed by atoms with Crippen LogP contribution in [0.4, 0.5) is 0 Å². The Morgan fingerprint density at radius 2 is 2.39 bits per heavy atom. The Morgan fingerprint density at radius 3 is 2.94 bits per heavy atom. The minimum atomic E-state index is -0.961. The van der Waals surface area contributed by atoms with Crippen molar-refractivity contribution < 1.29 is 9.90 Å². The first-order valence-electron chi connectivity index (χ1n) is 5.29. The minimum Gasteiger partial charge on any atom is -0.480 e. The molecule has 96 valence electrons. The summed E-state index contributed by atoms with van der Waals surface area (Å²) in [7, 11) is 0. The lowest BCUT2D eigenvalue weighted by Gasteiger charge is -2.15. The van der Waals surface area contributed by atoms with Crippen molar-refractivity contribution in [1.29, 1.82) is 0 Å². The van der Waals surface area contributed by atoms with E-state index < -0.39 is 12.0 Å². The van der Waals surface area contributed by atoms with Crippen molar-refractivity contribution in [3.8, 4) is 0 Å². The van der Waals surface area contributed by atoms with Crippen LogP contribution in [0.2, 0.25) is 0 Å². The Kier molecular flexibility index (Phi) is 5.64. The molecule has 0 saturated carbocycles. The number of halogens is 1. The van der Waals surface area contributed by atoms with E-state index in [4.69, 9.17) is 10.6 Å². The molecular formula is C11H13BrN4O2. The van der Waals surface area contributed by atoms with Crippen LogP contribution in [-0.2, 0) is 4.79 Å². The van der Waals surface area contributed by atoms with Gasteiger partial charge in [-0.2, -0.15) is 0 Å². The van der Waals surface area contributed by atoms with E-state index in [1.165, 1.54) is 0 Å². The fourth-order valence-corrected chi connectivity index (χ4v) is 1.75. The maximum Gasteiger partial charge on any atom is 0.325 e. The van der Waals surface area contributed by atoms with Crippen molar-refractivity contribution in [3.63, 3.8) is 0 Å². The molecule has 1 unspecified atom stereocenters. The van der Waals surface area contributed by atoms with E-state index in [0.717, 1.165) is 10.0 Å². The second-order valence-corrected chi connectivity index (χ2v) is 4.54. The van der Waals surface area contributed by atoms with Crippen LogP contribution in [0.5, 0.6) is 0 Å². The minimum absolute atomic E-state index is 0.218. The van der Waals surface area contributed by atoms with Gasteiger partial charge in [-0.3, -0.25) is 4.79 Å². The number of hydrogen-bond donors (Lipinski definition) is 2. The van der Waals surface area contributed by atoms with Crippen LogP contribution in [0, 0.1) is 6.92 Å². The molecule has 0 saturated heterocycles. The number of hydrogen-bond acceptors (Lipinski definition) is 3. The van der Waals surface area contributed by atoms with Gasteiger partial charge in [0.1, 0.15) is 6.04 Å². The van der Waals surface area contributed by atoms with Gasteiger partial charge in [-0.1, -0.05) is 33.2 Å². The molecule has 0 bridgehead atoms. The Bertz CT molecular complexity index is 486. The molecule has 1 atom stereocenters. The largest absolute Gasteiger partial charge is 0.480 e. The summed E-state index contributed by atoms with van der Waals surface area (Å²) in [6.07, 6.45) is 0. The van der Waals surface area contributed by atoms with Gasteiger partial charge in [-0.05, 0) is 29.6 Å². The van der Waals surface area contributed by atoms with Crippen molar-refractivity contribution in [3.05, 3.63) is 44.2 Å². The van der Waals surface area contributed by atoms with Crippen LogP contribution in [0.15, 0.2) is 27.8 Å². The number of azide groups is 1. The van der Waals surface area contributed by atoms with E-state index in [1.54, 1.807) is 6.07 Å². The van der Waals surface area contributed by atoms with Crippen LogP contribution < -0.4 is 5.32 Å². The summed E-state index contributed by atoms with van der Waals surface area (Å²) in [6, 6.07) is 4.57. The first-order valence-corrected chi connectivity index (χ1v) is 6.08. The molecule has 2 N–H and O–H groups in total. The Balaban J connectivity index is 2.80. The highest BCUT2D eigenvalue weighted by Gasteiger charge is 2.19. The first kappa shape index (κ1) is 14.5. The summed E-state index contributed by atoms with van der Waals surface area (Å²) in [5.41, 5.74) is 9.77. The summed E-state index contributed by atoms with van der Waals surface area (Å²) in [6.45, 7) is 2.43. The zero-order chi connectivity index (χ0) is 13.5. The molecule has 0 aliphatic heterocycles. The van der Waals surface area contributed by atoms with Crippen LogP contribution in [-0.4, -0.2) is 24.2 Å². The van der Waals surface area contributed by atoms with Crippen molar-refractivity contribution >= 4 is 21.9 Å². The third kappa shape index (κ3) is 4.03. The van der Waals surface area contributed by atoms with Crippen molar-refractivity contribution in [2.45, 2.75) is 13.0 Å². The Hall–Kier alpha value is -1.56. The molecule has 0 aromatic heterocycles. The zero-order valence-corrected chi connectivity index (χ0v) is 11.4. The standard InChI is InChI=1S/C11H13BrN4O2/c1-7-6-8(2-3-9(7)12)10(11(17)18)14-4-5-15-16-13/h2-3,6,10,14H,4-5H2,1H3,(H,17,18). The van der Waals surface area contributed by atoms with E-state index in [2.05, 4.69) is 31.3 Å². The predicted octanol–water partition coefficient (Wildman–Crippen LogP) is 2.78. The highest BCUT2D eigenvalue weighted by atomic mass is 79.9. The maximum atomic E-state index is 11.2. The number of nitrogens with one attached hydrogen (secondary N) is 1. The Labute approximate surface area is 113 Å². The maximum absolute atomic E-state index is 11.2. The number of carboxylic acids is 1. The Morgan fingerprint density at radius 1 is 1.67 bits per heavy atom. The van der Waals surface area contributed by atoms with E-state index in [9.17, 15) is 4.79 Å². The molecule has 1 aromatic rings. The van der Waals surface area contributed by atoms with Gasteiger partial charge in [-0.25, -0.2) is 0 Å². The van der Waals surface area contributed by atoms with Gasteiger partial charge in [0.2, 0.25) is 0 Å². The van der Waals surface area contributed by atoms with Gasteiger partial charge in [-0.15, -0.1) is 0 Å². The zero-order valence-electron chi connectivity index (χ0n) is 9.80. The summed E-state index contributed by atoms with van der Waals surface area (Å²) >= 11 is 3.37. The van der Waals surface area contributed by atoms with Crippen molar-refractivity contribution in [2.24, 2.45) is 5.11 Å². The van der Waals surface area contributed by atoms with Gasteiger partial charge < -0.3 is 10.4 Å². The lowest BCUT2D eigenvalue weighted by atomic mass is 10.0. The highest BCUT2D eigenvalue weighted by molar-refractivity contribution is 9.10. The summed E-state index contributed by atoms with van der Waals surface area (Å²) in [5, 5.41) is 15.3. The van der Waals surface area contributed by atoms with Gasteiger partial charge in [0.15, 0.2) is 0 Å². The molecule has 0 heterocycles. The second kappa shape index (κ2) is 7.00. The van der Waals surface area contributed by atoms with E-state index >= 15 is 0 Å². The molecule has 0 amide bonds. The average Bonchev–Trinajstić information content (AvgIpc) is 2.32. The third-order valence-corrected chi connectivity index (χ3v) is 3.28. The summed E-state index contributed by atoms with van der Waals surface area (Å²) in [5.74, 6) is -0.961. The molecule has 0 radical (unpaired) electrons. The molecule has 7 heteroatoms. The van der Waals surface area contributed by atoms with Gasteiger partial charge in [0.05, 0.1) is 0 Å². The smallest absolute Gasteiger partial charge is 0.325 e. The third-order valence-electron chi connectivity index (χ3n) is 2.39. The van der Waals surface area contributed by atoms with Crippen LogP contribution in [0.1, 0.15) is 17.2 Å². The van der Waals surface area contributed by atoms with E-state index in [-0.39, 0.29) is 6.54 Å². The van der Waals surface area contributed by atoms with Crippen molar-refractivity contribution in [1.82, 2.24) is 5.32 Å². The number of carboxylic acid groups (broad SMARTS) is 1. The van der Waals surface area contributed by atoms with E-state index in [0.29, 0.717) is 12.1 Å². The number of benzene rings is 1. The van der Waals surface area contributed by atoms with Crippen LogP contribution in [0.25, 0.3) is 10.4 Å². The number of nitrogens with zero attached hydrogens (tertiary/aromatic N) is 3. The predicted molar refractivity (Wildman–Crippen MR) is 71.3 cm³/mol. The van der Waals surface area contributed by atoms with Crippen molar-refractivity contribution in [2.75, 3.05) is 13.1 Å². The lowest BCUT2D eigenvalue weighted by Crippen LogP contribution is -2.30. The normalized spacial score (nSPS) is 11.7. The van der Waals surface area contributed by atoms with Gasteiger partial charge >= 0.3 is 5.97 Å².